The van der Waals surface area contributed by atoms with Crippen LogP contribution in [0.15, 0.2) is 18.2 Å². The summed E-state index contributed by atoms with van der Waals surface area (Å²) in [7, 11) is 3.41. The van der Waals surface area contributed by atoms with E-state index in [1.54, 1.807) is 18.2 Å². The first-order valence-corrected chi connectivity index (χ1v) is 9.90. The van der Waals surface area contributed by atoms with Gasteiger partial charge in [0.25, 0.3) is 11.8 Å². The van der Waals surface area contributed by atoms with Gasteiger partial charge in [-0.05, 0) is 58.2 Å². The number of ether oxygens (including phenoxy) is 1. The molecule has 6 nitrogen and oxygen atoms in total. The molecule has 0 spiro atoms. The van der Waals surface area contributed by atoms with Gasteiger partial charge in [-0.3, -0.25) is 9.59 Å². The lowest BCUT2D eigenvalue weighted by molar-refractivity contribution is -0.886. The Morgan fingerprint density at radius 2 is 1.96 bits per heavy atom. The lowest BCUT2D eigenvalue weighted by Crippen LogP contribution is -3.15. The fourth-order valence-corrected chi connectivity index (χ4v) is 3.84. The average molecular weight is 397 g/mol. The lowest BCUT2D eigenvalue weighted by Gasteiger charge is -2.40. The van der Waals surface area contributed by atoms with Gasteiger partial charge in [0.15, 0.2) is 12.6 Å². The number of likely N-dealkylation sites (tertiary alicyclic amines) is 1. The molecule has 1 aliphatic rings. The Hall–Kier alpha value is -1.79. The Morgan fingerprint density at radius 3 is 2.56 bits per heavy atom. The van der Waals surface area contributed by atoms with Crippen molar-refractivity contribution in [3.8, 4) is 5.75 Å². The largest absolute Gasteiger partial charge is 0.495 e. The molecule has 1 fully saturated rings. The molecule has 4 atom stereocenters. The van der Waals surface area contributed by atoms with E-state index in [0.717, 1.165) is 24.2 Å². The van der Waals surface area contributed by atoms with E-state index in [9.17, 15) is 9.59 Å². The number of amides is 2. The molecule has 1 aromatic rings. The number of carbonyl (C=O) groups is 2. The molecule has 2 N–H and O–H groups in total. The number of methoxy groups -OCH3 is 1. The summed E-state index contributed by atoms with van der Waals surface area (Å²) in [5.74, 6) is 0.471. The topological polar surface area (TPSA) is 63.1 Å². The van der Waals surface area contributed by atoms with Crippen LogP contribution in [-0.4, -0.2) is 55.5 Å². The average Bonchev–Trinajstić information content (AvgIpc) is 2.60. The normalized spacial score (nSPS) is 22.1. The van der Waals surface area contributed by atoms with Gasteiger partial charge in [0, 0.05) is 17.1 Å². The fourth-order valence-electron chi connectivity index (χ4n) is 3.67. The quantitative estimate of drug-likeness (QED) is 0.772. The molecule has 2 amide bonds. The maximum Gasteiger partial charge on any atom is 0.281 e. The van der Waals surface area contributed by atoms with Crippen molar-refractivity contribution >= 4 is 29.1 Å². The van der Waals surface area contributed by atoms with Crippen LogP contribution in [0.2, 0.25) is 5.02 Å². The smallest absolute Gasteiger partial charge is 0.281 e. The fraction of sp³-hybridized carbons (Fsp3) is 0.600. The molecule has 27 heavy (non-hydrogen) atoms. The maximum atomic E-state index is 13.0. The third-order valence-corrected chi connectivity index (χ3v) is 5.67. The number of hydrogen-bond donors (Lipinski definition) is 2. The predicted molar refractivity (Wildman–Crippen MR) is 107 cm³/mol. The van der Waals surface area contributed by atoms with Crippen LogP contribution in [0.4, 0.5) is 5.69 Å². The number of carbonyl (C=O) groups excluding carboxylic acids is 2. The van der Waals surface area contributed by atoms with Crippen LogP contribution in [0, 0.1) is 0 Å². The molecular formula is C20H31ClN3O3+. The number of likely N-dealkylation sites (N-methyl/N-ethyl adjacent to an activating group) is 1. The van der Waals surface area contributed by atoms with E-state index in [1.807, 2.05) is 18.9 Å². The second-order valence-electron chi connectivity index (χ2n) is 7.51. The van der Waals surface area contributed by atoms with Gasteiger partial charge in [-0.15, -0.1) is 0 Å². The van der Waals surface area contributed by atoms with Crippen molar-refractivity contribution in [1.29, 1.82) is 0 Å². The van der Waals surface area contributed by atoms with Crippen molar-refractivity contribution < 1.29 is 19.2 Å². The zero-order valence-electron chi connectivity index (χ0n) is 16.8. The molecule has 0 saturated carbocycles. The number of nitrogens with one attached hydrogen (secondary N) is 2. The Kier molecular flexibility index (Phi) is 7.50. The third kappa shape index (κ3) is 5.36. The van der Waals surface area contributed by atoms with Gasteiger partial charge in [0.1, 0.15) is 5.75 Å². The summed E-state index contributed by atoms with van der Waals surface area (Å²) in [6.45, 7) is 6.28. The summed E-state index contributed by atoms with van der Waals surface area (Å²) in [5.41, 5.74) is 0.528. The number of halogens is 1. The Morgan fingerprint density at radius 1 is 1.33 bits per heavy atom. The van der Waals surface area contributed by atoms with Gasteiger partial charge < -0.3 is 19.9 Å². The second kappa shape index (κ2) is 9.42. The summed E-state index contributed by atoms with van der Waals surface area (Å²) < 4.78 is 5.25. The van der Waals surface area contributed by atoms with E-state index in [1.165, 1.54) is 7.11 Å². The molecule has 7 heteroatoms. The van der Waals surface area contributed by atoms with Crippen molar-refractivity contribution in [3.05, 3.63) is 23.2 Å². The van der Waals surface area contributed by atoms with E-state index in [0.29, 0.717) is 16.5 Å². The number of rotatable bonds is 6. The van der Waals surface area contributed by atoms with E-state index in [2.05, 4.69) is 19.2 Å². The van der Waals surface area contributed by atoms with Crippen LogP contribution < -0.4 is 15.0 Å². The number of quaternary nitrogens is 1. The van der Waals surface area contributed by atoms with Gasteiger partial charge >= 0.3 is 0 Å². The molecule has 0 aliphatic carbocycles. The minimum Gasteiger partial charge on any atom is -0.495 e. The molecule has 1 aliphatic heterocycles. The van der Waals surface area contributed by atoms with Gasteiger partial charge in [-0.2, -0.15) is 0 Å². The first kappa shape index (κ1) is 21.5. The zero-order valence-corrected chi connectivity index (χ0v) is 17.6. The summed E-state index contributed by atoms with van der Waals surface area (Å²) in [6.07, 6.45) is 3.24. The van der Waals surface area contributed by atoms with E-state index < -0.39 is 0 Å². The van der Waals surface area contributed by atoms with E-state index >= 15 is 0 Å². The van der Waals surface area contributed by atoms with Crippen LogP contribution in [0.5, 0.6) is 5.75 Å². The first-order chi connectivity index (χ1) is 12.7. The molecule has 1 saturated heterocycles. The van der Waals surface area contributed by atoms with Crippen molar-refractivity contribution in [2.75, 3.05) is 26.0 Å². The molecule has 0 aromatic heterocycles. The molecular weight excluding hydrogens is 366 g/mol. The standard InChI is InChI=1S/C20H30ClN3O3/c1-13-7-6-8-14(2)24(13)20(26)15(3)23(4)12-19(25)22-17-11-16(21)9-10-18(17)27-5/h9-11,13-15H,6-8,12H2,1-5H3,(H,22,25)/p+1/t13-,14+,15-/m1/s1. The molecule has 0 radical (unpaired) electrons. The number of anilines is 1. The molecule has 0 bridgehead atoms. The van der Waals surface area contributed by atoms with Crippen molar-refractivity contribution in [1.82, 2.24) is 4.90 Å². The highest BCUT2D eigenvalue weighted by atomic mass is 35.5. The number of piperidine rings is 1. The van der Waals surface area contributed by atoms with Crippen LogP contribution in [0.25, 0.3) is 0 Å². The minimum absolute atomic E-state index is 0.111. The Balaban J connectivity index is 1.99. The highest BCUT2D eigenvalue weighted by Gasteiger charge is 2.35. The first-order valence-electron chi connectivity index (χ1n) is 9.52. The number of hydrogen-bond acceptors (Lipinski definition) is 3. The van der Waals surface area contributed by atoms with Crippen molar-refractivity contribution in [2.24, 2.45) is 0 Å². The predicted octanol–water partition coefficient (Wildman–Crippen LogP) is 1.98. The Labute approximate surface area is 166 Å². The molecule has 1 heterocycles. The Bertz CT molecular complexity index is 672. The summed E-state index contributed by atoms with van der Waals surface area (Å²) >= 11 is 6.01. The highest BCUT2D eigenvalue weighted by molar-refractivity contribution is 6.31. The monoisotopic (exact) mass is 396 g/mol. The summed E-state index contributed by atoms with van der Waals surface area (Å²) in [5, 5.41) is 3.35. The van der Waals surface area contributed by atoms with Gasteiger partial charge in [0.2, 0.25) is 0 Å². The SMILES string of the molecule is COc1ccc(Cl)cc1NC(=O)C[NH+](C)[C@H](C)C(=O)N1[C@H](C)CCC[C@@H]1C. The van der Waals surface area contributed by atoms with E-state index in [-0.39, 0.29) is 36.5 Å². The number of benzene rings is 1. The van der Waals surface area contributed by atoms with Crippen LogP contribution in [-0.2, 0) is 9.59 Å². The van der Waals surface area contributed by atoms with Gasteiger partial charge in [-0.1, -0.05) is 11.6 Å². The third-order valence-electron chi connectivity index (χ3n) is 5.43. The summed E-state index contributed by atoms with van der Waals surface area (Å²) in [6, 6.07) is 5.27. The minimum atomic E-state index is -0.292. The van der Waals surface area contributed by atoms with Crippen molar-refractivity contribution in [3.63, 3.8) is 0 Å². The second-order valence-corrected chi connectivity index (χ2v) is 7.95. The van der Waals surface area contributed by atoms with Crippen LogP contribution >= 0.6 is 11.6 Å². The maximum absolute atomic E-state index is 13.0. The van der Waals surface area contributed by atoms with E-state index in [4.69, 9.17) is 16.3 Å². The molecule has 2 rings (SSSR count). The zero-order chi connectivity index (χ0) is 20.1. The van der Waals surface area contributed by atoms with Crippen LogP contribution in [0.3, 0.4) is 0 Å². The molecule has 1 aromatic carbocycles. The van der Waals surface area contributed by atoms with Gasteiger partial charge in [-0.25, -0.2) is 0 Å². The summed E-state index contributed by atoms with van der Waals surface area (Å²) in [4.78, 5) is 28.3. The molecule has 150 valence electrons. The van der Waals surface area contributed by atoms with Crippen LogP contribution in [0.1, 0.15) is 40.0 Å². The molecule has 1 unspecified atom stereocenters. The highest BCUT2D eigenvalue weighted by Crippen LogP contribution is 2.27. The lowest BCUT2D eigenvalue weighted by atomic mass is 9.96. The van der Waals surface area contributed by atoms with Crippen molar-refractivity contribution in [2.45, 2.75) is 58.2 Å². The van der Waals surface area contributed by atoms with Gasteiger partial charge in [0.05, 0.1) is 19.8 Å². The number of nitrogens with zero attached hydrogens (tertiary/aromatic N) is 1.